The Hall–Kier alpha value is -2.28. The number of halogens is 1. The number of likely N-dealkylation sites (tertiary alicyclic amines) is 1. The molecule has 2 saturated heterocycles. The van der Waals surface area contributed by atoms with Crippen LogP contribution in [0, 0.1) is 18.7 Å². The van der Waals surface area contributed by atoms with E-state index >= 15 is 0 Å². The topological polar surface area (TPSA) is 65.4 Å². The highest BCUT2D eigenvalue weighted by molar-refractivity contribution is 5.69. The largest absolute Gasteiger partial charge is 0.507 e. The minimum absolute atomic E-state index is 0.0586. The highest BCUT2D eigenvalue weighted by Crippen LogP contribution is 2.35. The summed E-state index contributed by atoms with van der Waals surface area (Å²) in [6, 6.07) is 4.61. The normalized spacial score (nSPS) is 23.7. The van der Waals surface area contributed by atoms with E-state index in [1.807, 2.05) is 0 Å². The van der Waals surface area contributed by atoms with E-state index < -0.39 is 5.82 Å². The molecule has 0 radical (unpaired) electrons. The molecule has 1 aromatic carbocycles. The number of phenolic OH excluding ortho intramolecular Hbond substituents is 1. The zero-order valence-electron chi connectivity index (χ0n) is 14.5. The lowest BCUT2D eigenvalue weighted by molar-refractivity contribution is 0.207. The highest BCUT2D eigenvalue weighted by Gasteiger charge is 2.39. The van der Waals surface area contributed by atoms with Gasteiger partial charge in [0.25, 0.3) is 0 Å². The average molecular weight is 343 g/mol. The van der Waals surface area contributed by atoms with Crippen LogP contribution in [0.5, 0.6) is 5.75 Å². The van der Waals surface area contributed by atoms with Crippen molar-refractivity contribution in [3.05, 3.63) is 29.7 Å². The smallest absolute Gasteiger partial charge is 0.245 e. The van der Waals surface area contributed by atoms with Gasteiger partial charge in [-0.1, -0.05) is 6.07 Å². The first-order valence-electron chi connectivity index (χ1n) is 8.69. The molecule has 2 aromatic rings. The number of fused-ring (bicyclic) bond motifs is 1. The van der Waals surface area contributed by atoms with E-state index in [-0.39, 0.29) is 17.0 Å². The molecule has 1 N–H and O–H groups in total. The Morgan fingerprint density at radius 3 is 2.76 bits per heavy atom. The molecule has 3 heterocycles. The van der Waals surface area contributed by atoms with Gasteiger partial charge in [0.2, 0.25) is 5.95 Å². The van der Waals surface area contributed by atoms with Crippen LogP contribution in [-0.4, -0.2) is 57.9 Å². The predicted molar refractivity (Wildman–Crippen MR) is 93.0 cm³/mol. The van der Waals surface area contributed by atoms with Crippen molar-refractivity contribution in [2.24, 2.45) is 5.92 Å². The van der Waals surface area contributed by atoms with Gasteiger partial charge in [-0.2, -0.15) is 0 Å². The molecule has 2 aliphatic rings. The lowest BCUT2D eigenvalue weighted by Gasteiger charge is -2.36. The summed E-state index contributed by atoms with van der Waals surface area (Å²) < 4.78 is 14.1. The van der Waals surface area contributed by atoms with Gasteiger partial charge in [-0.15, -0.1) is 10.2 Å². The molecule has 0 spiro atoms. The van der Waals surface area contributed by atoms with Gasteiger partial charge in [0, 0.05) is 19.1 Å². The number of phenols is 1. The average Bonchev–Trinajstić information content (AvgIpc) is 2.99. The van der Waals surface area contributed by atoms with Crippen molar-refractivity contribution in [1.29, 1.82) is 0 Å². The first-order valence-corrected chi connectivity index (χ1v) is 8.69. The number of likely N-dealkylation sites (N-methyl/N-ethyl adjacent to an activating group) is 1. The molecule has 2 fully saturated rings. The minimum Gasteiger partial charge on any atom is -0.507 e. The SMILES string of the molecule is Cc1nc(N2CC[C@@H]3CCN(C)C[C@@H]32)nnc1-c1c(O)cccc1F. The van der Waals surface area contributed by atoms with Crippen molar-refractivity contribution >= 4 is 5.95 Å². The quantitative estimate of drug-likeness (QED) is 0.902. The van der Waals surface area contributed by atoms with Crippen LogP contribution in [-0.2, 0) is 0 Å². The van der Waals surface area contributed by atoms with E-state index in [4.69, 9.17) is 0 Å². The van der Waals surface area contributed by atoms with Gasteiger partial charge in [-0.25, -0.2) is 9.37 Å². The summed E-state index contributed by atoms with van der Waals surface area (Å²) in [5.74, 6) is 0.597. The van der Waals surface area contributed by atoms with Gasteiger partial charge in [-0.05, 0) is 51.4 Å². The Balaban J connectivity index is 1.67. The number of aromatic nitrogens is 3. The number of hydrogen-bond acceptors (Lipinski definition) is 6. The Kier molecular flexibility index (Phi) is 4.03. The zero-order valence-corrected chi connectivity index (χ0v) is 14.5. The summed E-state index contributed by atoms with van der Waals surface area (Å²) in [7, 11) is 2.14. The summed E-state index contributed by atoms with van der Waals surface area (Å²) in [5, 5.41) is 18.5. The van der Waals surface area contributed by atoms with Crippen LogP contribution in [0.25, 0.3) is 11.3 Å². The first kappa shape index (κ1) is 16.2. The number of anilines is 1. The summed E-state index contributed by atoms with van der Waals surface area (Å²) >= 11 is 0. The van der Waals surface area contributed by atoms with Crippen LogP contribution >= 0.6 is 0 Å². The Morgan fingerprint density at radius 2 is 2.00 bits per heavy atom. The maximum Gasteiger partial charge on any atom is 0.245 e. The molecular formula is C18H22FN5O. The molecule has 0 unspecified atom stereocenters. The van der Waals surface area contributed by atoms with Crippen LogP contribution in [0.3, 0.4) is 0 Å². The van der Waals surface area contributed by atoms with E-state index in [1.165, 1.54) is 24.6 Å². The number of rotatable bonds is 2. The first-order chi connectivity index (χ1) is 12.0. The highest BCUT2D eigenvalue weighted by atomic mass is 19.1. The van der Waals surface area contributed by atoms with Gasteiger partial charge in [0.15, 0.2) is 0 Å². The van der Waals surface area contributed by atoms with Gasteiger partial charge >= 0.3 is 0 Å². The third kappa shape index (κ3) is 2.82. The summed E-state index contributed by atoms with van der Waals surface area (Å²) in [4.78, 5) is 9.15. The lowest BCUT2D eigenvalue weighted by atomic mass is 9.92. The standard InChI is InChI=1S/C18H22FN5O/c1-11-17(16-13(19)4-3-5-15(16)25)21-22-18(20-11)24-9-7-12-6-8-23(2)10-14(12)24/h3-5,12,14,25H,6-10H2,1-2H3/t12-,14-/m0/s1. The molecule has 1 aromatic heterocycles. The van der Waals surface area contributed by atoms with Crippen LogP contribution in [0.15, 0.2) is 18.2 Å². The fourth-order valence-electron chi connectivity index (χ4n) is 4.04. The maximum absolute atomic E-state index is 14.1. The molecule has 25 heavy (non-hydrogen) atoms. The van der Waals surface area contributed by atoms with E-state index in [0.717, 1.165) is 26.1 Å². The Labute approximate surface area is 146 Å². The zero-order chi connectivity index (χ0) is 17.6. The number of aromatic hydroxyl groups is 1. The van der Waals surface area contributed by atoms with Crippen LogP contribution in [0.1, 0.15) is 18.5 Å². The number of nitrogens with zero attached hydrogens (tertiary/aromatic N) is 5. The van der Waals surface area contributed by atoms with Gasteiger partial charge < -0.3 is 14.9 Å². The van der Waals surface area contributed by atoms with Crippen molar-refractivity contribution < 1.29 is 9.50 Å². The fraction of sp³-hybridized carbons (Fsp3) is 0.500. The maximum atomic E-state index is 14.1. The molecule has 2 atom stereocenters. The predicted octanol–water partition coefficient (Wildman–Crippen LogP) is 2.22. The van der Waals surface area contributed by atoms with Crippen LogP contribution < -0.4 is 4.90 Å². The summed E-state index contributed by atoms with van der Waals surface area (Å²) in [6.45, 7) is 4.84. The number of aryl methyl sites for hydroxylation is 1. The monoisotopic (exact) mass is 343 g/mol. The molecular weight excluding hydrogens is 321 g/mol. The van der Waals surface area contributed by atoms with E-state index in [0.29, 0.717) is 23.6 Å². The Bertz CT molecular complexity index is 779. The van der Waals surface area contributed by atoms with Crippen molar-refractivity contribution in [2.45, 2.75) is 25.8 Å². The molecule has 132 valence electrons. The van der Waals surface area contributed by atoms with Crippen molar-refractivity contribution in [3.63, 3.8) is 0 Å². The molecule has 7 heteroatoms. The van der Waals surface area contributed by atoms with Gasteiger partial charge in [0.05, 0.1) is 11.3 Å². The van der Waals surface area contributed by atoms with E-state index in [9.17, 15) is 9.50 Å². The number of hydrogen-bond donors (Lipinski definition) is 1. The Morgan fingerprint density at radius 1 is 1.20 bits per heavy atom. The number of benzene rings is 1. The molecule has 0 amide bonds. The van der Waals surface area contributed by atoms with Gasteiger partial charge in [-0.3, -0.25) is 0 Å². The second-order valence-corrected chi connectivity index (χ2v) is 7.04. The number of piperidine rings is 1. The molecule has 2 aliphatic heterocycles. The van der Waals surface area contributed by atoms with Gasteiger partial charge in [0.1, 0.15) is 17.3 Å². The minimum atomic E-state index is -0.526. The van der Waals surface area contributed by atoms with E-state index in [2.05, 4.69) is 32.0 Å². The molecule has 0 aliphatic carbocycles. The lowest BCUT2D eigenvalue weighted by Crippen LogP contribution is -2.47. The van der Waals surface area contributed by atoms with Crippen molar-refractivity contribution in [3.8, 4) is 17.0 Å². The second kappa shape index (κ2) is 6.22. The summed E-state index contributed by atoms with van der Waals surface area (Å²) in [5.41, 5.74) is 0.914. The van der Waals surface area contributed by atoms with Crippen molar-refractivity contribution in [2.75, 3.05) is 31.6 Å². The van der Waals surface area contributed by atoms with Crippen LogP contribution in [0.4, 0.5) is 10.3 Å². The van der Waals surface area contributed by atoms with E-state index in [1.54, 1.807) is 6.92 Å². The fourth-order valence-corrected chi connectivity index (χ4v) is 4.04. The molecule has 0 bridgehead atoms. The second-order valence-electron chi connectivity index (χ2n) is 7.04. The molecule has 6 nitrogen and oxygen atoms in total. The third-order valence-electron chi connectivity index (χ3n) is 5.40. The molecule has 4 rings (SSSR count). The summed E-state index contributed by atoms with van der Waals surface area (Å²) in [6.07, 6.45) is 2.35. The molecule has 0 saturated carbocycles. The third-order valence-corrected chi connectivity index (χ3v) is 5.40. The van der Waals surface area contributed by atoms with Crippen molar-refractivity contribution in [1.82, 2.24) is 20.1 Å². The van der Waals surface area contributed by atoms with Crippen LogP contribution in [0.2, 0.25) is 0 Å².